The van der Waals surface area contributed by atoms with Crippen LogP contribution in [0, 0.1) is 6.92 Å². The Balaban J connectivity index is 1.17. The van der Waals surface area contributed by atoms with Gasteiger partial charge in [-0.1, -0.05) is 180 Å². The first-order valence-corrected chi connectivity index (χ1v) is 29.2. The molecule has 9 aromatic rings. The number of anilines is 6. The van der Waals surface area contributed by atoms with Crippen LogP contribution < -0.4 is 26.2 Å². The van der Waals surface area contributed by atoms with Crippen molar-refractivity contribution in [3.05, 3.63) is 185 Å². The van der Waals surface area contributed by atoms with Crippen LogP contribution in [0.4, 0.5) is 34.1 Å². The van der Waals surface area contributed by atoms with Crippen LogP contribution in [0.5, 0.6) is 0 Å². The summed E-state index contributed by atoms with van der Waals surface area (Å²) in [5.74, 6) is 0. The maximum Gasteiger partial charge on any atom is 0.252 e. The zero-order chi connectivity index (χ0) is 52.8. The molecule has 76 heavy (non-hydrogen) atoms. The molecule has 0 N–H and O–H groups in total. The first kappa shape index (κ1) is 48.0. The molecule has 1 aromatic heterocycles. The summed E-state index contributed by atoms with van der Waals surface area (Å²) in [6.07, 6.45) is 5.84. The normalized spacial score (nSPS) is 19.4. The fourth-order valence-corrected chi connectivity index (χ4v) is 16.8. The maximum absolute atomic E-state index is 2.76. The Kier molecular flexibility index (Phi) is 10.0. The number of aryl methyl sites for hydroxylation is 1. The third-order valence-corrected chi connectivity index (χ3v) is 21.0. The Morgan fingerprint density at radius 3 is 1.55 bits per heavy atom. The Hall–Kier alpha value is -6.36. The highest BCUT2D eigenvalue weighted by atomic mass is 32.1. The summed E-state index contributed by atoms with van der Waals surface area (Å²) in [6.45, 7) is 32.2. The average Bonchev–Trinajstić information content (AvgIpc) is 3.97. The molecule has 0 atom stereocenters. The van der Waals surface area contributed by atoms with Gasteiger partial charge in [-0.15, -0.1) is 11.3 Å². The van der Waals surface area contributed by atoms with E-state index < -0.39 is 0 Å². The van der Waals surface area contributed by atoms with Gasteiger partial charge in [0, 0.05) is 48.5 Å². The van der Waals surface area contributed by atoms with Crippen molar-refractivity contribution in [2.24, 2.45) is 0 Å². The lowest BCUT2D eigenvalue weighted by molar-refractivity contribution is 0.332. The van der Waals surface area contributed by atoms with E-state index >= 15 is 0 Å². The van der Waals surface area contributed by atoms with Crippen molar-refractivity contribution in [1.29, 1.82) is 0 Å². The van der Waals surface area contributed by atoms with Gasteiger partial charge in [0.05, 0.1) is 11.4 Å². The predicted octanol–water partition coefficient (Wildman–Crippen LogP) is 18.4. The van der Waals surface area contributed by atoms with Crippen LogP contribution in [0.2, 0.25) is 0 Å². The number of hydrogen-bond donors (Lipinski definition) is 0. The number of benzene rings is 8. The first-order valence-electron chi connectivity index (χ1n) is 28.4. The van der Waals surface area contributed by atoms with E-state index in [4.69, 9.17) is 0 Å². The minimum atomic E-state index is -0.0262. The first-order chi connectivity index (χ1) is 36.0. The Bertz CT molecular complexity index is 3940. The van der Waals surface area contributed by atoms with E-state index in [1.807, 2.05) is 11.3 Å². The van der Waals surface area contributed by atoms with E-state index in [-0.39, 0.29) is 39.2 Å². The lowest BCUT2D eigenvalue weighted by Gasteiger charge is -2.47. The van der Waals surface area contributed by atoms with Crippen molar-refractivity contribution in [1.82, 2.24) is 0 Å². The second kappa shape index (κ2) is 15.9. The quantitative estimate of drug-likeness (QED) is 0.162. The van der Waals surface area contributed by atoms with Gasteiger partial charge in [-0.2, -0.15) is 0 Å². The van der Waals surface area contributed by atoms with Crippen molar-refractivity contribution in [3.8, 4) is 22.3 Å². The zero-order valence-corrected chi connectivity index (χ0v) is 48.1. The molecule has 380 valence electrons. The van der Waals surface area contributed by atoms with Gasteiger partial charge in [0.15, 0.2) is 0 Å². The summed E-state index contributed by atoms with van der Waals surface area (Å²) >= 11 is 1.99. The second-order valence-corrected chi connectivity index (χ2v) is 28.9. The molecule has 0 saturated heterocycles. The third-order valence-electron chi connectivity index (χ3n) is 19.9. The Morgan fingerprint density at radius 2 is 0.908 bits per heavy atom. The monoisotopic (exact) mass is 1010 g/mol. The highest BCUT2D eigenvalue weighted by Crippen LogP contribution is 2.57. The van der Waals surface area contributed by atoms with Gasteiger partial charge in [0.25, 0.3) is 6.71 Å². The minimum Gasteiger partial charge on any atom is -0.311 e. The molecule has 8 aromatic carbocycles. The van der Waals surface area contributed by atoms with Gasteiger partial charge in [0.1, 0.15) is 0 Å². The Morgan fingerprint density at radius 1 is 0.395 bits per heavy atom. The number of nitrogens with zero attached hydrogens (tertiary/aromatic N) is 2. The number of thiophene rings is 1. The van der Waals surface area contributed by atoms with Crippen LogP contribution in [0.3, 0.4) is 0 Å². The Labute approximate surface area is 457 Å². The smallest absolute Gasteiger partial charge is 0.252 e. The molecule has 0 unspecified atom stereocenters. The number of rotatable bonds is 4. The van der Waals surface area contributed by atoms with E-state index in [2.05, 4.69) is 245 Å². The van der Waals surface area contributed by atoms with Crippen molar-refractivity contribution < 1.29 is 0 Å². The largest absolute Gasteiger partial charge is 0.311 e. The summed E-state index contributed by atoms with van der Waals surface area (Å²) < 4.78 is 2.74. The number of para-hydroxylation sites is 1. The molecule has 0 saturated carbocycles. The van der Waals surface area contributed by atoms with Gasteiger partial charge in [-0.05, 0) is 192 Å². The molecule has 2 aliphatic heterocycles. The second-order valence-electron chi connectivity index (χ2n) is 27.8. The van der Waals surface area contributed by atoms with Gasteiger partial charge in [-0.25, -0.2) is 0 Å². The van der Waals surface area contributed by atoms with Crippen LogP contribution in [-0.2, 0) is 32.5 Å². The molecule has 0 radical (unpaired) electrons. The average molecular weight is 1010 g/mol. The van der Waals surface area contributed by atoms with Crippen LogP contribution in [-0.4, -0.2) is 6.71 Å². The van der Waals surface area contributed by atoms with Gasteiger partial charge >= 0.3 is 0 Å². The van der Waals surface area contributed by atoms with Crippen LogP contribution in [0.1, 0.15) is 154 Å². The molecule has 3 heterocycles. The molecule has 4 heteroatoms. The standard InChI is InChI=1S/C72H73BN2S/c1-43-34-49-52(69(6,7)32-30-67(49,2)3)39-58(43)74-59-40-53-51(71(10,11)42-72(53,12)13)38-56(59)73-55-28-29-62-64(48-37-50-54(41-63(48)76-62)70(8,9)33-31-68(50,4)5)66(55)75(57-27-21-20-26-47(57)45-24-18-15-19-25-45)61-36-46(35-60(74)65(61)73)44-22-16-14-17-23-44/h14-29,34-41H,30-33,42H2,1-13H3. The third kappa shape index (κ3) is 6.84. The fraction of sp³-hybridized carbons (Fsp3) is 0.333. The molecule has 5 aliphatic rings. The summed E-state index contributed by atoms with van der Waals surface area (Å²) in [5, 5.41) is 2.76. The molecular formula is C72H73BN2S. The molecular weight excluding hydrogens is 936 g/mol. The van der Waals surface area contributed by atoms with Crippen molar-refractivity contribution in [2.75, 3.05) is 9.80 Å². The van der Waals surface area contributed by atoms with Crippen molar-refractivity contribution in [3.63, 3.8) is 0 Å². The zero-order valence-electron chi connectivity index (χ0n) is 47.3. The predicted molar refractivity (Wildman–Crippen MR) is 330 cm³/mol. The van der Waals surface area contributed by atoms with E-state index in [0.717, 1.165) is 6.42 Å². The highest BCUT2D eigenvalue weighted by Gasteiger charge is 2.50. The molecule has 14 rings (SSSR count). The van der Waals surface area contributed by atoms with Crippen molar-refractivity contribution >= 4 is 88.7 Å². The van der Waals surface area contributed by atoms with Gasteiger partial charge in [-0.3, -0.25) is 0 Å². The minimum absolute atomic E-state index is 0.0133. The molecule has 2 nitrogen and oxygen atoms in total. The lowest BCUT2D eigenvalue weighted by Crippen LogP contribution is -2.61. The van der Waals surface area contributed by atoms with Crippen LogP contribution in [0.25, 0.3) is 42.4 Å². The molecule has 0 spiro atoms. The number of hydrogen-bond acceptors (Lipinski definition) is 3. The van der Waals surface area contributed by atoms with Gasteiger partial charge < -0.3 is 9.80 Å². The molecule has 3 aliphatic carbocycles. The molecule has 0 bridgehead atoms. The highest BCUT2D eigenvalue weighted by molar-refractivity contribution is 7.26. The SMILES string of the molecule is Cc1cc2c(cc1N1c3cc4c(cc3B3c5ccc6sc7cc8c(cc7c6c5N(c5ccccc5-c5ccccc5)c5cc(-c6ccccc6)cc1c53)C(C)(C)CCC8(C)C)C(C)(C)CC4(C)C)C(C)(C)CCC2(C)C. The van der Waals surface area contributed by atoms with E-state index in [0.29, 0.717) is 0 Å². The summed E-state index contributed by atoms with van der Waals surface area (Å²) in [6, 6.07) is 57.7. The topological polar surface area (TPSA) is 6.48 Å². The van der Waals surface area contributed by atoms with Crippen molar-refractivity contribution in [2.45, 2.75) is 155 Å². The van der Waals surface area contributed by atoms with Crippen LogP contribution >= 0.6 is 11.3 Å². The maximum atomic E-state index is 2.76. The van der Waals surface area contributed by atoms with E-state index in [9.17, 15) is 0 Å². The van der Waals surface area contributed by atoms with E-state index in [1.165, 1.54) is 158 Å². The summed E-state index contributed by atoms with van der Waals surface area (Å²) in [4.78, 5) is 5.50. The lowest BCUT2D eigenvalue weighted by atomic mass is 9.33. The van der Waals surface area contributed by atoms with E-state index in [1.54, 1.807) is 0 Å². The molecule has 0 fully saturated rings. The summed E-state index contributed by atoms with van der Waals surface area (Å²) in [5.41, 5.74) is 27.5. The van der Waals surface area contributed by atoms with Crippen LogP contribution in [0.15, 0.2) is 146 Å². The van der Waals surface area contributed by atoms with Gasteiger partial charge in [0.2, 0.25) is 0 Å². The molecule has 0 amide bonds. The fourth-order valence-electron chi connectivity index (χ4n) is 15.7. The number of fused-ring (bicyclic) bond motifs is 11. The summed E-state index contributed by atoms with van der Waals surface area (Å²) in [7, 11) is 0.